The third kappa shape index (κ3) is 3.38. The summed E-state index contributed by atoms with van der Waals surface area (Å²) in [5, 5.41) is 0. The first-order chi connectivity index (χ1) is 10.2. The molecule has 1 unspecified atom stereocenters. The van der Waals surface area contributed by atoms with Crippen molar-refractivity contribution in [2.45, 2.75) is 44.6 Å². The van der Waals surface area contributed by atoms with Crippen LogP contribution in [0.25, 0.3) is 0 Å². The zero-order chi connectivity index (χ0) is 14.7. The van der Waals surface area contributed by atoms with Crippen molar-refractivity contribution in [3.8, 4) is 5.75 Å². The highest BCUT2D eigenvalue weighted by Crippen LogP contribution is 2.30. The van der Waals surface area contributed by atoms with Crippen LogP contribution in [0.2, 0.25) is 0 Å². The summed E-state index contributed by atoms with van der Waals surface area (Å²) in [5.41, 5.74) is 8.62. The predicted octanol–water partition coefficient (Wildman–Crippen LogP) is 2.41. The van der Waals surface area contributed by atoms with E-state index in [1.807, 2.05) is 11.0 Å². The van der Waals surface area contributed by atoms with Crippen LogP contribution in [0.1, 0.15) is 49.3 Å². The number of benzene rings is 1. The molecule has 0 saturated carbocycles. The summed E-state index contributed by atoms with van der Waals surface area (Å²) < 4.78 is 5.69. The highest BCUT2D eigenvalue weighted by molar-refractivity contribution is 5.77. The molecule has 1 amide bonds. The summed E-state index contributed by atoms with van der Waals surface area (Å²) in [7, 11) is 0. The molecule has 4 heteroatoms. The molecule has 1 aliphatic carbocycles. The van der Waals surface area contributed by atoms with E-state index >= 15 is 0 Å². The largest absolute Gasteiger partial charge is 0.484 e. The molecule has 114 valence electrons. The molecule has 1 aromatic carbocycles. The van der Waals surface area contributed by atoms with Gasteiger partial charge in [-0.15, -0.1) is 0 Å². The number of nitrogens with zero attached hydrogens (tertiary/aromatic N) is 1. The first-order valence-corrected chi connectivity index (χ1v) is 8.03. The summed E-state index contributed by atoms with van der Waals surface area (Å²) in [6, 6.07) is 6.20. The van der Waals surface area contributed by atoms with Crippen LogP contribution in [0.15, 0.2) is 18.2 Å². The van der Waals surface area contributed by atoms with Crippen molar-refractivity contribution in [3.05, 3.63) is 29.3 Å². The quantitative estimate of drug-likeness (QED) is 0.929. The lowest BCUT2D eigenvalue weighted by Crippen LogP contribution is -2.38. The van der Waals surface area contributed by atoms with Crippen molar-refractivity contribution >= 4 is 5.91 Å². The van der Waals surface area contributed by atoms with Crippen molar-refractivity contribution in [3.63, 3.8) is 0 Å². The molecule has 0 spiro atoms. The van der Waals surface area contributed by atoms with Crippen molar-refractivity contribution in [2.24, 2.45) is 5.73 Å². The van der Waals surface area contributed by atoms with E-state index in [2.05, 4.69) is 12.1 Å². The monoisotopic (exact) mass is 288 g/mol. The zero-order valence-corrected chi connectivity index (χ0v) is 12.5. The van der Waals surface area contributed by atoms with Gasteiger partial charge in [-0.3, -0.25) is 4.79 Å². The van der Waals surface area contributed by atoms with Crippen LogP contribution in [0.3, 0.4) is 0 Å². The highest BCUT2D eigenvalue weighted by atomic mass is 16.5. The van der Waals surface area contributed by atoms with Gasteiger partial charge in [-0.2, -0.15) is 0 Å². The van der Waals surface area contributed by atoms with Crippen molar-refractivity contribution < 1.29 is 9.53 Å². The minimum Gasteiger partial charge on any atom is -0.484 e. The molecular weight excluding hydrogens is 264 g/mol. The summed E-state index contributed by atoms with van der Waals surface area (Å²) in [4.78, 5) is 14.0. The van der Waals surface area contributed by atoms with Gasteiger partial charge in [-0.1, -0.05) is 6.07 Å². The van der Waals surface area contributed by atoms with E-state index in [0.717, 1.165) is 50.9 Å². The van der Waals surface area contributed by atoms with Gasteiger partial charge in [0.05, 0.1) is 0 Å². The van der Waals surface area contributed by atoms with Gasteiger partial charge in [0.15, 0.2) is 6.61 Å². The number of piperidine rings is 1. The topological polar surface area (TPSA) is 55.6 Å². The second-order valence-electron chi connectivity index (χ2n) is 6.09. The molecule has 1 fully saturated rings. The minimum absolute atomic E-state index is 0.101. The first kappa shape index (κ1) is 14.4. The lowest BCUT2D eigenvalue weighted by atomic mass is 9.88. The van der Waals surface area contributed by atoms with Crippen LogP contribution < -0.4 is 10.5 Å². The minimum atomic E-state index is 0.101. The van der Waals surface area contributed by atoms with Gasteiger partial charge in [-0.25, -0.2) is 0 Å². The van der Waals surface area contributed by atoms with Crippen LogP contribution in [-0.2, 0) is 11.2 Å². The fourth-order valence-corrected chi connectivity index (χ4v) is 3.30. The maximum atomic E-state index is 12.1. The molecular formula is C17H24N2O2. The number of hydrogen-bond donors (Lipinski definition) is 1. The van der Waals surface area contributed by atoms with E-state index in [-0.39, 0.29) is 18.6 Å². The number of ether oxygens (including phenoxy) is 1. The second kappa shape index (κ2) is 6.48. The normalized spacial score (nSPS) is 21.8. The van der Waals surface area contributed by atoms with Gasteiger partial charge < -0.3 is 15.4 Å². The number of carbonyl (C=O) groups excluding carboxylic acids is 1. The molecule has 1 saturated heterocycles. The number of fused-ring (bicyclic) bond motifs is 1. The molecule has 0 radical (unpaired) electrons. The summed E-state index contributed by atoms with van der Waals surface area (Å²) in [6.45, 7) is 1.90. The van der Waals surface area contributed by atoms with Crippen LogP contribution in [0, 0.1) is 0 Å². The maximum Gasteiger partial charge on any atom is 0.260 e. The number of amides is 1. The van der Waals surface area contributed by atoms with Crippen LogP contribution in [0.5, 0.6) is 5.75 Å². The Bertz CT molecular complexity index is 510. The molecule has 0 aromatic heterocycles. The predicted molar refractivity (Wildman–Crippen MR) is 82.2 cm³/mol. The Morgan fingerprint density at radius 1 is 1.24 bits per heavy atom. The van der Waals surface area contributed by atoms with E-state index in [1.165, 1.54) is 17.5 Å². The molecule has 1 atom stereocenters. The SMILES string of the molecule is NC1CCCc2cc(OCC(=O)N3CCCCC3)ccc21. The number of carbonyl (C=O) groups is 1. The van der Waals surface area contributed by atoms with Crippen LogP contribution in [-0.4, -0.2) is 30.5 Å². The Labute approximate surface area is 126 Å². The smallest absolute Gasteiger partial charge is 0.260 e. The van der Waals surface area contributed by atoms with E-state index in [1.54, 1.807) is 0 Å². The van der Waals surface area contributed by atoms with Gasteiger partial charge in [-0.05, 0) is 61.8 Å². The third-order valence-corrected chi connectivity index (χ3v) is 4.55. The average molecular weight is 288 g/mol. The van der Waals surface area contributed by atoms with Crippen molar-refractivity contribution in [1.29, 1.82) is 0 Å². The molecule has 21 heavy (non-hydrogen) atoms. The van der Waals surface area contributed by atoms with Gasteiger partial charge in [0.2, 0.25) is 0 Å². The molecule has 4 nitrogen and oxygen atoms in total. The standard InChI is InChI=1S/C17H24N2O2/c18-16-6-4-5-13-11-14(7-8-15(13)16)21-12-17(20)19-9-2-1-3-10-19/h7-8,11,16H,1-6,9-10,12,18H2. The number of nitrogens with two attached hydrogens (primary N) is 1. The Morgan fingerprint density at radius 2 is 2.05 bits per heavy atom. The van der Waals surface area contributed by atoms with Gasteiger partial charge in [0.1, 0.15) is 5.75 Å². The zero-order valence-electron chi connectivity index (χ0n) is 12.5. The number of aryl methyl sites for hydroxylation is 1. The Hall–Kier alpha value is -1.55. The second-order valence-corrected chi connectivity index (χ2v) is 6.09. The molecule has 0 bridgehead atoms. The van der Waals surface area contributed by atoms with E-state index in [9.17, 15) is 4.79 Å². The van der Waals surface area contributed by atoms with Gasteiger partial charge >= 0.3 is 0 Å². The Kier molecular flexibility index (Phi) is 4.44. The van der Waals surface area contributed by atoms with Crippen molar-refractivity contribution in [2.75, 3.05) is 19.7 Å². The molecule has 2 aliphatic rings. The lowest BCUT2D eigenvalue weighted by Gasteiger charge is -2.27. The molecule has 1 aromatic rings. The maximum absolute atomic E-state index is 12.1. The van der Waals surface area contributed by atoms with Crippen LogP contribution >= 0.6 is 0 Å². The highest BCUT2D eigenvalue weighted by Gasteiger charge is 2.19. The Balaban J connectivity index is 1.59. The average Bonchev–Trinajstić information content (AvgIpc) is 2.53. The third-order valence-electron chi connectivity index (χ3n) is 4.55. The molecule has 3 rings (SSSR count). The molecule has 2 N–H and O–H groups in total. The number of hydrogen-bond acceptors (Lipinski definition) is 3. The van der Waals surface area contributed by atoms with Gasteiger partial charge in [0.25, 0.3) is 5.91 Å². The first-order valence-electron chi connectivity index (χ1n) is 8.03. The number of likely N-dealkylation sites (tertiary alicyclic amines) is 1. The van der Waals surface area contributed by atoms with E-state index in [4.69, 9.17) is 10.5 Å². The molecule has 1 heterocycles. The van der Waals surface area contributed by atoms with Gasteiger partial charge in [0, 0.05) is 19.1 Å². The van der Waals surface area contributed by atoms with E-state index < -0.39 is 0 Å². The molecule has 1 aliphatic heterocycles. The number of rotatable bonds is 3. The van der Waals surface area contributed by atoms with E-state index in [0.29, 0.717) is 0 Å². The van der Waals surface area contributed by atoms with Crippen molar-refractivity contribution in [1.82, 2.24) is 4.90 Å². The fourth-order valence-electron chi connectivity index (χ4n) is 3.30. The van der Waals surface area contributed by atoms with Crippen LogP contribution in [0.4, 0.5) is 0 Å². The summed E-state index contributed by atoms with van der Waals surface area (Å²) >= 11 is 0. The Morgan fingerprint density at radius 3 is 2.86 bits per heavy atom. The lowest BCUT2D eigenvalue weighted by molar-refractivity contribution is -0.134. The summed E-state index contributed by atoms with van der Waals surface area (Å²) in [6.07, 6.45) is 6.70. The fraction of sp³-hybridized carbons (Fsp3) is 0.588. The summed E-state index contributed by atoms with van der Waals surface area (Å²) in [5.74, 6) is 0.886.